The van der Waals surface area contributed by atoms with Crippen LogP contribution in [-0.4, -0.2) is 19.5 Å². The molecule has 0 radical (unpaired) electrons. The second kappa shape index (κ2) is 5.23. The van der Waals surface area contributed by atoms with Crippen LogP contribution in [0.1, 0.15) is 5.82 Å². The fourth-order valence-electron chi connectivity index (χ4n) is 1.87. The van der Waals surface area contributed by atoms with Crippen LogP contribution < -0.4 is 5.56 Å². The van der Waals surface area contributed by atoms with Crippen LogP contribution in [0.5, 0.6) is 0 Å². The minimum atomic E-state index is -0.713. The van der Waals surface area contributed by atoms with Gasteiger partial charge in [0.2, 0.25) is 0 Å². The van der Waals surface area contributed by atoms with E-state index in [1.165, 1.54) is 28.2 Å². The van der Waals surface area contributed by atoms with Gasteiger partial charge in [-0.15, -0.1) is 11.3 Å². The number of halogens is 1. The molecule has 0 saturated carbocycles. The number of thiophene rings is 1. The predicted octanol–water partition coefficient (Wildman–Crippen LogP) is 2.46. The maximum atomic E-state index is 11.9. The summed E-state index contributed by atoms with van der Waals surface area (Å²) in [4.78, 5) is 31.1. The monoisotopic (exact) mass is 322 g/mol. The highest BCUT2D eigenvalue weighted by Gasteiger charge is 2.15. The Labute approximate surface area is 126 Å². The second-order valence-electron chi connectivity index (χ2n) is 4.15. The molecule has 0 N–H and O–H groups in total. The molecule has 0 atom stereocenters. The Kier molecular flexibility index (Phi) is 3.40. The quantitative estimate of drug-likeness (QED) is 0.419. The van der Waals surface area contributed by atoms with E-state index in [4.69, 9.17) is 11.6 Å². The standard InChI is InChI=1S/C12H7ClN4O3S/c13-10-7-3-5-21-11(7)15-9(14-10)6-16-4-1-2-8(12(16)18)17(19)20/h1-5H,6H2. The van der Waals surface area contributed by atoms with E-state index in [2.05, 4.69) is 9.97 Å². The van der Waals surface area contributed by atoms with E-state index in [-0.39, 0.29) is 6.54 Å². The van der Waals surface area contributed by atoms with E-state index in [1.54, 1.807) is 0 Å². The maximum Gasteiger partial charge on any atom is 0.334 e. The number of hydrogen-bond donors (Lipinski definition) is 0. The number of rotatable bonds is 3. The topological polar surface area (TPSA) is 90.9 Å². The number of nitro groups is 1. The van der Waals surface area contributed by atoms with Crippen molar-refractivity contribution in [1.82, 2.24) is 14.5 Å². The molecule has 3 heterocycles. The zero-order chi connectivity index (χ0) is 15.0. The van der Waals surface area contributed by atoms with Gasteiger partial charge in [0.25, 0.3) is 0 Å². The van der Waals surface area contributed by atoms with Gasteiger partial charge >= 0.3 is 11.2 Å². The van der Waals surface area contributed by atoms with Crippen molar-refractivity contribution >= 4 is 38.8 Å². The van der Waals surface area contributed by atoms with Crippen molar-refractivity contribution in [2.75, 3.05) is 0 Å². The number of pyridine rings is 1. The minimum absolute atomic E-state index is 0.0219. The molecule has 7 nitrogen and oxygen atoms in total. The van der Waals surface area contributed by atoms with E-state index in [0.717, 1.165) is 11.5 Å². The molecule has 3 aromatic heterocycles. The van der Waals surface area contributed by atoms with Crippen molar-refractivity contribution < 1.29 is 4.92 Å². The fourth-order valence-corrected chi connectivity index (χ4v) is 2.96. The Morgan fingerprint density at radius 1 is 1.38 bits per heavy atom. The molecule has 0 saturated heterocycles. The molecule has 21 heavy (non-hydrogen) atoms. The first-order chi connectivity index (χ1) is 10.1. The first-order valence-corrected chi connectivity index (χ1v) is 7.05. The number of fused-ring (bicyclic) bond motifs is 1. The number of aromatic nitrogens is 3. The molecule has 9 heteroatoms. The van der Waals surface area contributed by atoms with Gasteiger partial charge in [0.15, 0.2) is 5.82 Å². The van der Waals surface area contributed by atoms with Gasteiger partial charge in [-0.2, -0.15) is 0 Å². The molecule has 0 aliphatic carbocycles. The summed E-state index contributed by atoms with van der Waals surface area (Å²) in [6.45, 7) is 0.0219. The van der Waals surface area contributed by atoms with Gasteiger partial charge in [-0.3, -0.25) is 14.9 Å². The van der Waals surface area contributed by atoms with Crippen molar-refractivity contribution in [1.29, 1.82) is 0 Å². The van der Waals surface area contributed by atoms with Crippen molar-refractivity contribution in [2.24, 2.45) is 0 Å². The lowest BCUT2D eigenvalue weighted by atomic mass is 10.4. The van der Waals surface area contributed by atoms with E-state index in [1.807, 2.05) is 11.4 Å². The van der Waals surface area contributed by atoms with Gasteiger partial charge in [-0.25, -0.2) is 9.97 Å². The lowest BCUT2D eigenvalue weighted by Crippen LogP contribution is -2.23. The lowest BCUT2D eigenvalue weighted by molar-refractivity contribution is -0.386. The highest BCUT2D eigenvalue weighted by atomic mass is 35.5. The highest BCUT2D eigenvalue weighted by molar-refractivity contribution is 7.16. The van der Waals surface area contributed by atoms with Gasteiger partial charge in [0.05, 0.1) is 11.5 Å². The first-order valence-electron chi connectivity index (χ1n) is 5.80. The molecule has 0 spiro atoms. The largest absolute Gasteiger partial charge is 0.334 e. The predicted molar refractivity (Wildman–Crippen MR) is 78.9 cm³/mol. The van der Waals surface area contributed by atoms with E-state index in [0.29, 0.717) is 15.8 Å². The highest BCUT2D eigenvalue weighted by Crippen LogP contribution is 2.24. The summed E-state index contributed by atoms with van der Waals surface area (Å²) >= 11 is 7.46. The molecule has 0 unspecified atom stereocenters. The SMILES string of the molecule is O=c1c([N+](=O)[O-])cccn1Cc1nc(Cl)c2ccsc2n1. The third-order valence-corrected chi connectivity index (χ3v) is 3.93. The molecular formula is C12H7ClN4O3S. The van der Waals surface area contributed by atoms with E-state index < -0.39 is 16.2 Å². The van der Waals surface area contributed by atoms with Crippen LogP contribution in [0.3, 0.4) is 0 Å². The third-order valence-electron chi connectivity index (χ3n) is 2.83. The van der Waals surface area contributed by atoms with Crippen LogP contribution >= 0.6 is 22.9 Å². The molecule has 106 valence electrons. The Morgan fingerprint density at radius 3 is 2.95 bits per heavy atom. The summed E-state index contributed by atoms with van der Waals surface area (Å²) in [5.41, 5.74) is -1.19. The summed E-state index contributed by atoms with van der Waals surface area (Å²) in [7, 11) is 0. The lowest BCUT2D eigenvalue weighted by Gasteiger charge is -2.05. The van der Waals surface area contributed by atoms with Crippen LogP contribution in [0.25, 0.3) is 10.2 Å². The first kappa shape index (κ1) is 13.7. The Balaban J connectivity index is 2.04. The van der Waals surface area contributed by atoms with Gasteiger partial charge in [0, 0.05) is 17.6 Å². The van der Waals surface area contributed by atoms with Crippen molar-refractivity contribution in [3.05, 3.63) is 61.2 Å². The van der Waals surface area contributed by atoms with Gasteiger partial charge in [-0.05, 0) is 17.5 Å². The number of nitrogens with zero attached hydrogens (tertiary/aromatic N) is 4. The number of hydrogen-bond acceptors (Lipinski definition) is 6. The van der Waals surface area contributed by atoms with Gasteiger partial charge in [0.1, 0.15) is 9.98 Å². The molecule has 0 aromatic carbocycles. The normalized spacial score (nSPS) is 10.9. The van der Waals surface area contributed by atoms with Crippen LogP contribution in [0.4, 0.5) is 5.69 Å². The molecule has 0 aliphatic rings. The molecule has 0 bridgehead atoms. The summed E-state index contributed by atoms with van der Waals surface area (Å²) < 4.78 is 1.18. The Hall–Kier alpha value is -2.32. The second-order valence-corrected chi connectivity index (χ2v) is 5.41. The molecule has 3 rings (SSSR count). The zero-order valence-corrected chi connectivity index (χ0v) is 12.0. The van der Waals surface area contributed by atoms with Crippen LogP contribution in [0.15, 0.2) is 34.6 Å². The molecule has 0 fully saturated rings. The summed E-state index contributed by atoms with van der Waals surface area (Å²) in [5.74, 6) is 0.331. The fraction of sp³-hybridized carbons (Fsp3) is 0.0833. The Morgan fingerprint density at radius 2 is 2.19 bits per heavy atom. The van der Waals surface area contributed by atoms with E-state index in [9.17, 15) is 14.9 Å². The van der Waals surface area contributed by atoms with Crippen LogP contribution in [0.2, 0.25) is 5.15 Å². The third kappa shape index (κ3) is 2.50. The van der Waals surface area contributed by atoms with Gasteiger partial charge in [-0.1, -0.05) is 11.6 Å². The zero-order valence-electron chi connectivity index (χ0n) is 10.4. The van der Waals surface area contributed by atoms with Crippen molar-refractivity contribution in [3.8, 4) is 0 Å². The van der Waals surface area contributed by atoms with Crippen molar-refractivity contribution in [2.45, 2.75) is 6.54 Å². The molecule has 3 aromatic rings. The van der Waals surface area contributed by atoms with Crippen molar-refractivity contribution in [3.63, 3.8) is 0 Å². The average molecular weight is 323 g/mol. The summed E-state index contributed by atoms with van der Waals surface area (Å²) in [6, 6.07) is 4.41. The summed E-state index contributed by atoms with van der Waals surface area (Å²) in [5, 5.41) is 13.7. The molecule has 0 aliphatic heterocycles. The van der Waals surface area contributed by atoms with Crippen LogP contribution in [-0.2, 0) is 6.54 Å². The molecular weight excluding hydrogens is 316 g/mol. The van der Waals surface area contributed by atoms with Gasteiger partial charge < -0.3 is 4.57 Å². The maximum absolute atomic E-state index is 11.9. The van der Waals surface area contributed by atoms with Crippen LogP contribution in [0, 0.1) is 10.1 Å². The average Bonchev–Trinajstić information content (AvgIpc) is 2.89. The Bertz CT molecular complexity index is 905. The molecule has 0 amide bonds. The minimum Gasteiger partial charge on any atom is -0.302 e. The summed E-state index contributed by atoms with van der Waals surface area (Å²) in [6.07, 6.45) is 1.45. The smallest absolute Gasteiger partial charge is 0.302 e. The van der Waals surface area contributed by atoms with E-state index >= 15 is 0 Å².